The predicted octanol–water partition coefficient (Wildman–Crippen LogP) is 19.7. The molecule has 0 spiro atoms. The van der Waals surface area contributed by atoms with E-state index >= 15 is 0 Å². The Morgan fingerprint density at radius 1 is 0.469 bits per heavy atom. The SMILES string of the molecule is C/C=C/[N+](=O)[O-].C/C=C/[N+](=O)[O-].CCBr.CCBr.CCCOc1cccc2[nH]cc(/C=C\[N+](=O)[O-])c12.CCCOc1cccc2[nH]cc(CCN)c12.CCCOc1cccc2[nH]ccc12.CCOc1cccc2cc[nH]c12.Cl.Oc1cccc2[nH]ccc12.Oc1cccc2cc[nH]c12. The van der Waals surface area contributed by atoms with Crippen molar-refractivity contribution in [1.82, 2.24) is 29.9 Å². The van der Waals surface area contributed by atoms with Crippen molar-refractivity contribution in [3.63, 3.8) is 0 Å². The molecule has 12 rings (SSSR count). The second kappa shape index (κ2) is 49.5. The molecule has 0 aliphatic heterocycles. The Morgan fingerprint density at radius 3 is 1.39 bits per heavy atom. The molecule has 0 saturated carbocycles. The van der Waals surface area contributed by atoms with Crippen molar-refractivity contribution in [1.29, 1.82) is 0 Å². The second-order valence-corrected chi connectivity index (χ2v) is 22.2. The van der Waals surface area contributed by atoms with E-state index in [1.807, 2.05) is 168 Å². The number of fused-ring (bicyclic) bond motifs is 6. The topological polar surface area (TPSA) is 328 Å². The standard InChI is InChI=1S/C13H14N2O3.C13H18N2O.C11H13NO.C10H11NO.2C8H7NO.2C3H5NO2.2C2H5Br.ClH/c1-2-8-18-12-5-3-4-11-13(12)10(9-14-11)6-7-15(16)17;1-2-8-16-12-5-3-4-11-13(12)10(6-7-14)9-15-11;1-2-8-13-11-5-3-4-10-9(11)6-7-12-10;1-2-12-9-5-3-4-8-6-7-11-10(8)9;10-8-3-1-2-7-6(8)4-5-9-7;10-7-3-1-2-6-4-5-9-8(6)7;2*1-2-3-4(5)6;2*1-2-3;/h3-7,9,14H,2,8H2,1H3;3-5,9,15H,2,6-8,14H2,1H3;3-7,12H,2,8H2,1H3;3-7,11H,2H2,1H3;2*1-5,9-10H;2*2-3H,1H3;2*2H2,1H3;1H/b7-6-;;;;;;2*3-2+;;;. The normalized spacial score (nSPS) is 10.2. The Kier molecular flexibility index (Phi) is 42.5. The van der Waals surface area contributed by atoms with Crippen LogP contribution in [0.4, 0.5) is 0 Å². The highest BCUT2D eigenvalue weighted by Crippen LogP contribution is 2.32. The summed E-state index contributed by atoms with van der Waals surface area (Å²) in [5, 5.41) is 55.9. The first-order valence-corrected chi connectivity index (χ1v) is 33.8. The second-order valence-electron chi connectivity index (χ2n) is 19.9. The van der Waals surface area contributed by atoms with Crippen LogP contribution in [0.5, 0.6) is 34.5 Å². The molecule has 0 aliphatic carbocycles. The van der Waals surface area contributed by atoms with Crippen LogP contribution in [0.1, 0.15) is 85.8 Å². The van der Waals surface area contributed by atoms with E-state index in [1.165, 1.54) is 34.6 Å². The molecule has 22 nitrogen and oxygen atoms in total. The first-order valence-electron chi connectivity index (χ1n) is 31.5. The van der Waals surface area contributed by atoms with Crippen molar-refractivity contribution in [3.05, 3.63) is 243 Å². The number of aromatic hydroxyl groups is 2. The van der Waals surface area contributed by atoms with Gasteiger partial charge in [0.25, 0.3) is 0 Å². The molecule has 6 aromatic heterocycles. The van der Waals surface area contributed by atoms with Crippen LogP contribution >= 0.6 is 44.3 Å². The van der Waals surface area contributed by atoms with E-state index < -0.39 is 14.8 Å². The molecule has 0 bridgehead atoms. The summed E-state index contributed by atoms with van der Waals surface area (Å²) in [4.78, 5) is 46.1. The number of nitro groups is 3. The van der Waals surface area contributed by atoms with Gasteiger partial charge in [0, 0.05) is 114 Å². The number of halogens is 3. The average Bonchev–Trinajstić information content (AvgIpc) is 1.67. The van der Waals surface area contributed by atoms with Gasteiger partial charge in [-0.15, -0.1) is 12.4 Å². The van der Waals surface area contributed by atoms with Crippen molar-refractivity contribution in [3.8, 4) is 34.5 Å². The summed E-state index contributed by atoms with van der Waals surface area (Å²) in [6.45, 7) is 19.1. The van der Waals surface area contributed by atoms with E-state index in [2.05, 4.69) is 87.7 Å². The number of H-pyrrole nitrogens is 6. The molecule has 0 atom stereocenters. The highest BCUT2D eigenvalue weighted by molar-refractivity contribution is 9.09. The minimum absolute atomic E-state index is 0. The number of phenols is 2. The molecule has 0 saturated heterocycles. The molecule has 0 fully saturated rings. The van der Waals surface area contributed by atoms with E-state index in [9.17, 15) is 40.6 Å². The molecule has 526 valence electrons. The summed E-state index contributed by atoms with van der Waals surface area (Å²) in [5.74, 6) is 4.25. The van der Waals surface area contributed by atoms with Crippen LogP contribution < -0.4 is 24.7 Å². The van der Waals surface area contributed by atoms with Gasteiger partial charge in [0.15, 0.2) is 0 Å². The lowest BCUT2D eigenvalue weighted by atomic mass is 10.1. The van der Waals surface area contributed by atoms with Gasteiger partial charge in [-0.25, -0.2) is 0 Å². The third-order valence-electron chi connectivity index (χ3n) is 12.7. The fourth-order valence-electron chi connectivity index (χ4n) is 8.79. The summed E-state index contributed by atoms with van der Waals surface area (Å²) < 4.78 is 22.5. The number of aromatic nitrogens is 6. The quantitative estimate of drug-likeness (QED) is 0.0233. The number of aromatic amines is 6. The fraction of sp³-hybridized carbons (Fsp3) is 0.260. The number of nitrogens with zero attached hydrogens (tertiary/aromatic N) is 3. The van der Waals surface area contributed by atoms with Crippen LogP contribution in [-0.4, -0.2) is 98.5 Å². The van der Waals surface area contributed by atoms with Gasteiger partial charge in [-0.2, -0.15) is 0 Å². The van der Waals surface area contributed by atoms with Crippen LogP contribution in [0.2, 0.25) is 0 Å². The zero-order chi connectivity index (χ0) is 71.2. The minimum atomic E-state index is -0.500. The van der Waals surface area contributed by atoms with Crippen molar-refractivity contribution in [2.75, 3.05) is 43.6 Å². The average molecular weight is 1500 g/mol. The summed E-state index contributed by atoms with van der Waals surface area (Å²) in [6, 6.07) is 42.6. The van der Waals surface area contributed by atoms with Gasteiger partial charge < -0.3 is 64.8 Å². The molecule has 12 aromatic rings. The zero-order valence-electron chi connectivity index (χ0n) is 56.5. The molecule has 0 radical (unpaired) electrons. The first kappa shape index (κ1) is 84.1. The molecule has 0 unspecified atom stereocenters. The predicted molar refractivity (Wildman–Crippen MR) is 410 cm³/mol. The fourth-order valence-corrected chi connectivity index (χ4v) is 8.79. The third-order valence-corrected chi connectivity index (χ3v) is 12.7. The van der Waals surface area contributed by atoms with E-state index in [0.717, 1.165) is 151 Å². The lowest BCUT2D eigenvalue weighted by Crippen LogP contribution is -2.02. The number of hydrogen-bond donors (Lipinski definition) is 9. The van der Waals surface area contributed by atoms with E-state index in [0.29, 0.717) is 31.3 Å². The number of para-hydroxylation sites is 2. The van der Waals surface area contributed by atoms with Gasteiger partial charge >= 0.3 is 0 Å². The largest absolute Gasteiger partial charge is 0.507 e. The van der Waals surface area contributed by atoms with Crippen LogP contribution in [0.3, 0.4) is 0 Å². The summed E-state index contributed by atoms with van der Waals surface area (Å²) >= 11 is 6.29. The number of allylic oxidation sites excluding steroid dienone is 2. The Bertz CT molecular complexity index is 4170. The van der Waals surface area contributed by atoms with Gasteiger partial charge in [-0.05, 0) is 156 Å². The third kappa shape index (κ3) is 29.5. The van der Waals surface area contributed by atoms with Crippen molar-refractivity contribution < 1.29 is 43.9 Å². The molecule has 10 N–H and O–H groups in total. The summed E-state index contributed by atoms with van der Waals surface area (Å²) in [7, 11) is 0. The van der Waals surface area contributed by atoms with Gasteiger partial charge in [0.2, 0.25) is 18.6 Å². The van der Waals surface area contributed by atoms with Crippen LogP contribution in [0.15, 0.2) is 201 Å². The molecule has 0 aliphatic rings. The van der Waals surface area contributed by atoms with Gasteiger partial charge in [0.05, 0.1) is 52.2 Å². The zero-order valence-corrected chi connectivity index (χ0v) is 60.5. The molecule has 0 amide bonds. The number of ether oxygens (including phenoxy) is 4. The van der Waals surface area contributed by atoms with Crippen molar-refractivity contribution in [2.45, 2.75) is 81.1 Å². The van der Waals surface area contributed by atoms with Gasteiger partial charge in [0.1, 0.15) is 34.5 Å². The van der Waals surface area contributed by atoms with E-state index in [1.54, 1.807) is 32.2 Å². The molecule has 98 heavy (non-hydrogen) atoms. The molecular formula is C73H91Br2ClN10O12. The van der Waals surface area contributed by atoms with E-state index in [4.69, 9.17) is 24.7 Å². The highest BCUT2D eigenvalue weighted by atomic mass is 79.9. The van der Waals surface area contributed by atoms with E-state index in [-0.39, 0.29) is 12.4 Å². The number of nitrogens with two attached hydrogens (primary N) is 1. The van der Waals surface area contributed by atoms with Crippen molar-refractivity contribution >= 4 is 116 Å². The number of rotatable bonds is 17. The maximum Gasteiger partial charge on any atom is 0.235 e. The highest BCUT2D eigenvalue weighted by Gasteiger charge is 2.11. The molecule has 25 heteroatoms. The number of nitrogens with one attached hydrogen (secondary N) is 6. The molecular weight excluding hydrogens is 1400 g/mol. The van der Waals surface area contributed by atoms with Crippen LogP contribution in [0, 0.1) is 30.3 Å². The maximum atomic E-state index is 10.4. The molecule has 6 heterocycles. The number of phenolic OH excluding ortho intramolecular Hbond substituents is 2. The maximum absolute atomic E-state index is 10.4. The Morgan fingerprint density at radius 2 is 0.888 bits per heavy atom. The molecule has 6 aromatic carbocycles. The van der Waals surface area contributed by atoms with Crippen molar-refractivity contribution in [2.24, 2.45) is 5.73 Å². The van der Waals surface area contributed by atoms with Crippen LogP contribution in [0.25, 0.3) is 71.5 Å². The smallest absolute Gasteiger partial charge is 0.235 e. The first-order chi connectivity index (χ1) is 47.0. The minimum Gasteiger partial charge on any atom is -0.507 e. The lowest BCUT2D eigenvalue weighted by molar-refractivity contribution is -0.402. The van der Waals surface area contributed by atoms with Gasteiger partial charge in [-0.3, -0.25) is 30.3 Å². The Labute approximate surface area is 593 Å². The number of benzene rings is 6. The number of alkyl halides is 2. The van der Waals surface area contributed by atoms with Crippen LogP contribution in [-0.2, 0) is 6.42 Å². The summed E-state index contributed by atoms with van der Waals surface area (Å²) in [5.41, 5.74) is 13.6. The Hall–Kier alpha value is -10.0. The van der Waals surface area contributed by atoms with Gasteiger partial charge in [-0.1, -0.05) is 115 Å². The number of hydrogen-bond acceptors (Lipinski definition) is 13. The monoisotopic (exact) mass is 1490 g/mol. The lowest BCUT2D eigenvalue weighted by Gasteiger charge is -2.07. The summed E-state index contributed by atoms with van der Waals surface area (Å²) in [6.07, 6.45) is 22.0. The Balaban J connectivity index is 0.000000383.